The van der Waals surface area contributed by atoms with Gasteiger partial charge in [-0.25, -0.2) is 0 Å². The van der Waals surface area contributed by atoms with E-state index in [2.05, 4.69) is 255 Å². The van der Waals surface area contributed by atoms with Gasteiger partial charge in [-0.15, -0.1) is 0 Å². The van der Waals surface area contributed by atoms with Gasteiger partial charge in [0.05, 0.1) is 33.1 Å². The molecule has 0 radical (unpaired) electrons. The summed E-state index contributed by atoms with van der Waals surface area (Å²) in [7, 11) is 0. The third-order valence-corrected chi connectivity index (χ3v) is 16.1. The molecule has 0 bridgehead atoms. The Labute approximate surface area is 417 Å². The Morgan fingerprint density at radius 2 is 0.521 bits per heavy atom. The van der Waals surface area contributed by atoms with Crippen molar-refractivity contribution in [1.82, 2.24) is 8.80 Å². The molecule has 0 saturated carbocycles. The first kappa shape index (κ1) is 43.6. The molecule has 13 aromatic rings. The quantitative estimate of drug-likeness (QED) is 0.163. The number of benzene rings is 9. The zero-order valence-electron chi connectivity index (χ0n) is 43.1. The second kappa shape index (κ2) is 15.0. The van der Waals surface area contributed by atoms with E-state index in [9.17, 15) is 0 Å². The summed E-state index contributed by atoms with van der Waals surface area (Å²) in [6.45, 7) is 25.3. The molecule has 4 heterocycles. The van der Waals surface area contributed by atoms with Gasteiger partial charge < -0.3 is 8.80 Å². The summed E-state index contributed by atoms with van der Waals surface area (Å²) >= 11 is 0. The molecule has 2 heteroatoms. The van der Waals surface area contributed by atoms with Gasteiger partial charge in [0.1, 0.15) is 0 Å². The smallest absolute Gasteiger partial charge is 0.0635 e. The van der Waals surface area contributed by atoms with Gasteiger partial charge in [0.2, 0.25) is 0 Å². The topological polar surface area (TPSA) is 8.82 Å². The van der Waals surface area contributed by atoms with Crippen LogP contribution in [0.25, 0.3) is 121 Å². The zero-order valence-corrected chi connectivity index (χ0v) is 43.1. The fraction of sp³-hybridized carbons (Fsp3) is 0.217. The zero-order chi connectivity index (χ0) is 49.0. The Kier molecular flexibility index (Phi) is 9.24. The van der Waals surface area contributed by atoms with E-state index in [0.29, 0.717) is 5.92 Å². The summed E-state index contributed by atoms with van der Waals surface area (Å²) in [6, 6.07) is 65.7. The molecule has 2 nitrogen and oxygen atoms in total. The summed E-state index contributed by atoms with van der Waals surface area (Å²) in [4.78, 5) is 0. The molecular formula is C69H62N2. The van der Waals surface area contributed by atoms with E-state index in [0.717, 1.165) is 0 Å². The minimum Gasteiger partial charge on any atom is -0.307 e. The van der Waals surface area contributed by atoms with E-state index in [1.807, 2.05) is 0 Å². The molecule has 13 rings (SSSR count). The van der Waals surface area contributed by atoms with Crippen molar-refractivity contribution in [2.45, 2.75) is 98.3 Å². The highest BCUT2D eigenvalue weighted by Crippen LogP contribution is 2.55. The number of hydrogen-bond donors (Lipinski definition) is 0. The largest absolute Gasteiger partial charge is 0.307 e. The van der Waals surface area contributed by atoms with E-state index in [4.69, 9.17) is 0 Å². The molecule has 0 aliphatic heterocycles. The molecule has 348 valence electrons. The van der Waals surface area contributed by atoms with Crippen LogP contribution in [-0.2, 0) is 16.2 Å². The minimum atomic E-state index is 0.0544. The van der Waals surface area contributed by atoms with Crippen LogP contribution >= 0.6 is 0 Å². The molecule has 4 aromatic heterocycles. The van der Waals surface area contributed by atoms with Crippen LogP contribution in [0.15, 0.2) is 170 Å². The Morgan fingerprint density at radius 1 is 0.282 bits per heavy atom. The summed E-state index contributed by atoms with van der Waals surface area (Å²) < 4.78 is 5.38. The van der Waals surface area contributed by atoms with E-state index in [1.54, 1.807) is 0 Å². The molecule has 0 spiro atoms. The first-order valence-electron chi connectivity index (χ1n) is 25.8. The summed E-state index contributed by atoms with van der Waals surface area (Å²) in [5.41, 5.74) is 23.1. The average Bonchev–Trinajstić information content (AvgIpc) is 4.09. The number of aromatic nitrogens is 2. The van der Waals surface area contributed by atoms with Gasteiger partial charge in [-0.3, -0.25) is 0 Å². The van der Waals surface area contributed by atoms with Crippen molar-refractivity contribution in [2.24, 2.45) is 0 Å². The second-order valence-electron chi connectivity index (χ2n) is 23.9. The lowest BCUT2D eigenvalue weighted by Gasteiger charge is -2.19. The predicted octanol–water partition coefficient (Wildman–Crippen LogP) is 19.7. The summed E-state index contributed by atoms with van der Waals surface area (Å²) in [5, 5.41) is 10.4. The van der Waals surface area contributed by atoms with E-state index in [1.165, 1.54) is 143 Å². The molecule has 0 aliphatic carbocycles. The molecule has 0 N–H and O–H groups in total. The monoisotopic (exact) mass is 918 g/mol. The van der Waals surface area contributed by atoms with Crippen molar-refractivity contribution < 1.29 is 0 Å². The van der Waals surface area contributed by atoms with E-state index < -0.39 is 0 Å². The van der Waals surface area contributed by atoms with Crippen LogP contribution in [0, 0.1) is 0 Å². The molecular weight excluding hydrogens is 857 g/mol. The molecule has 0 amide bonds. The van der Waals surface area contributed by atoms with E-state index in [-0.39, 0.29) is 16.2 Å². The van der Waals surface area contributed by atoms with Crippen molar-refractivity contribution in [2.75, 3.05) is 0 Å². The highest BCUT2D eigenvalue weighted by atomic mass is 15.0. The molecule has 0 aliphatic rings. The summed E-state index contributed by atoms with van der Waals surface area (Å²) in [6.07, 6.45) is 0. The first-order valence-corrected chi connectivity index (χ1v) is 25.8. The molecule has 71 heavy (non-hydrogen) atoms. The van der Waals surface area contributed by atoms with Crippen molar-refractivity contribution in [3.8, 4) is 44.5 Å². The predicted molar refractivity (Wildman–Crippen MR) is 308 cm³/mol. The molecule has 9 aromatic carbocycles. The van der Waals surface area contributed by atoms with Crippen LogP contribution < -0.4 is 0 Å². The van der Waals surface area contributed by atoms with Gasteiger partial charge >= 0.3 is 0 Å². The lowest BCUT2D eigenvalue weighted by Crippen LogP contribution is -2.10. The fourth-order valence-electron chi connectivity index (χ4n) is 12.3. The third-order valence-electron chi connectivity index (χ3n) is 16.1. The number of rotatable bonds is 5. The van der Waals surface area contributed by atoms with Crippen LogP contribution in [0.1, 0.15) is 104 Å². The van der Waals surface area contributed by atoms with Crippen molar-refractivity contribution in [3.63, 3.8) is 0 Å². The van der Waals surface area contributed by atoms with Crippen LogP contribution in [-0.4, -0.2) is 8.80 Å². The Hall–Kier alpha value is -7.42. The third kappa shape index (κ3) is 6.32. The first-order chi connectivity index (χ1) is 34.0. The minimum absolute atomic E-state index is 0.0544. The second-order valence-corrected chi connectivity index (χ2v) is 23.9. The number of para-hydroxylation sites is 4. The Balaban J connectivity index is 1.26. The Bertz CT molecular complexity index is 4230. The van der Waals surface area contributed by atoms with Gasteiger partial charge in [0.25, 0.3) is 0 Å². The molecule has 0 fully saturated rings. The van der Waals surface area contributed by atoms with Crippen molar-refractivity contribution >= 4 is 76.2 Å². The fourth-order valence-corrected chi connectivity index (χ4v) is 12.3. The van der Waals surface area contributed by atoms with E-state index >= 15 is 0 Å². The Morgan fingerprint density at radius 3 is 0.746 bits per heavy atom. The van der Waals surface area contributed by atoms with Crippen LogP contribution in [0.4, 0.5) is 0 Å². The molecule has 0 unspecified atom stereocenters. The van der Waals surface area contributed by atoms with Crippen molar-refractivity contribution in [1.29, 1.82) is 0 Å². The lowest BCUT2D eigenvalue weighted by atomic mass is 9.86. The summed E-state index contributed by atoms with van der Waals surface area (Å²) in [5.74, 6) is 0.456. The van der Waals surface area contributed by atoms with Gasteiger partial charge in [0, 0.05) is 65.3 Å². The average molecular weight is 919 g/mol. The van der Waals surface area contributed by atoms with Gasteiger partial charge in [-0.1, -0.05) is 246 Å². The highest BCUT2D eigenvalue weighted by Gasteiger charge is 2.32. The highest BCUT2D eigenvalue weighted by molar-refractivity contribution is 6.46. The number of fused-ring (bicyclic) bond motifs is 14. The number of nitrogens with zero attached hydrogens (tertiary/aromatic N) is 2. The maximum atomic E-state index is 2.69. The van der Waals surface area contributed by atoms with Crippen LogP contribution in [0.3, 0.4) is 0 Å². The molecule has 0 saturated heterocycles. The normalized spacial score (nSPS) is 13.1. The van der Waals surface area contributed by atoms with Crippen molar-refractivity contribution in [3.05, 3.63) is 192 Å². The van der Waals surface area contributed by atoms with Gasteiger partial charge in [-0.05, 0) is 66.7 Å². The maximum absolute atomic E-state index is 2.69. The SMILES string of the molecule is CC(C)c1ccc(-c2cccc3c4c5c6cccc(-c7ccc(C(C)(C)C)cc7)c6n6c7c(-c8ccc(C(C)(C)C)cc8)cccc7c(c7c8cccc(-c9ccc(C(C)(C)C)cc9)c8n(c23)c47)c56)cc1. The van der Waals surface area contributed by atoms with Gasteiger partial charge in [-0.2, -0.15) is 0 Å². The maximum Gasteiger partial charge on any atom is 0.0635 e. The molecule has 0 atom stereocenters. The standard InChI is InChI=1S/C69H62N2/c1-40(2)41-24-26-42(27-25-41)49-16-12-20-53-57-58-55-22-14-18-51(44-30-36-47(37-31-44)68(6,7)8)63(55)71-64-52(45-32-38-48(39-33-45)69(9,10)11)19-15-23-56(64)60(66(58)71)59-54-21-13-17-50(62(54)70(61(49)53)65(57)59)43-28-34-46(35-29-43)67(3,4)5/h12-40H,1-11H3. The van der Waals surface area contributed by atoms with Crippen LogP contribution in [0.5, 0.6) is 0 Å². The number of hydrogen-bond acceptors (Lipinski definition) is 0. The van der Waals surface area contributed by atoms with Crippen LogP contribution in [0.2, 0.25) is 0 Å². The lowest BCUT2D eigenvalue weighted by molar-refractivity contribution is 0.590. The van der Waals surface area contributed by atoms with Gasteiger partial charge in [0.15, 0.2) is 0 Å².